The highest BCUT2D eigenvalue weighted by Gasteiger charge is 1.94. The summed E-state index contributed by atoms with van der Waals surface area (Å²) in [7, 11) is 0. The van der Waals surface area contributed by atoms with Crippen molar-refractivity contribution >= 4 is 0 Å². The van der Waals surface area contributed by atoms with E-state index < -0.39 is 0 Å². The van der Waals surface area contributed by atoms with Crippen LogP contribution in [0, 0.1) is 0 Å². The lowest BCUT2D eigenvalue weighted by Crippen LogP contribution is -1.83. The second kappa shape index (κ2) is 16.8. The first-order valence-corrected chi connectivity index (χ1v) is 9.46. The molecule has 0 aliphatic rings. The van der Waals surface area contributed by atoms with Gasteiger partial charge in [-0.25, -0.2) is 0 Å². The third-order valence-electron chi connectivity index (χ3n) is 4.23. The number of unbranched alkanes of at least 4 members (excludes halogenated alkanes) is 12. The van der Waals surface area contributed by atoms with Crippen molar-refractivity contribution in [3.05, 3.63) is 11.6 Å². The van der Waals surface area contributed by atoms with Gasteiger partial charge in [-0.1, -0.05) is 96.1 Å². The fourth-order valence-electron chi connectivity index (χ4n) is 2.74. The molecule has 0 radical (unpaired) electrons. The molecule has 0 aromatic carbocycles. The van der Waals surface area contributed by atoms with Crippen molar-refractivity contribution in [1.29, 1.82) is 0 Å². The summed E-state index contributed by atoms with van der Waals surface area (Å²) in [6.45, 7) is 6.90. The van der Waals surface area contributed by atoms with Crippen molar-refractivity contribution in [2.45, 2.75) is 117 Å². The summed E-state index contributed by atoms with van der Waals surface area (Å²) in [5, 5.41) is 0. The Labute approximate surface area is 129 Å². The molecule has 0 saturated heterocycles. The molecule has 0 heterocycles. The summed E-state index contributed by atoms with van der Waals surface area (Å²) in [4.78, 5) is 0. The summed E-state index contributed by atoms with van der Waals surface area (Å²) < 4.78 is 0. The van der Waals surface area contributed by atoms with E-state index in [9.17, 15) is 0 Å². The molecule has 0 atom stereocenters. The van der Waals surface area contributed by atoms with Crippen molar-refractivity contribution in [3.8, 4) is 0 Å². The lowest BCUT2D eigenvalue weighted by molar-refractivity contribution is 0.574. The minimum atomic E-state index is 1.31. The summed E-state index contributed by atoms with van der Waals surface area (Å²) in [5.74, 6) is 0. The molecule has 0 saturated carbocycles. The van der Waals surface area contributed by atoms with Gasteiger partial charge >= 0.3 is 0 Å². The monoisotopic (exact) mass is 280 g/mol. The number of hydrogen-bond donors (Lipinski definition) is 0. The fraction of sp³-hybridized carbons (Fsp3) is 0.900. The van der Waals surface area contributed by atoms with Gasteiger partial charge in [0, 0.05) is 0 Å². The van der Waals surface area contributed by atoms with Crippen molar-refractivity contribution in [3.63, 3.8) is 0 Å². The van der Waals surface area contributed by atoms with E-state index in [1.807, 2.05) is 0 Å². The summed E-state index contributed by atoms with van der Waals surface area (Å²) in [5.41, 5.74) is 1.63. The van der Waals surface area contributed by atoms with E-state index in [-0.39, 0.29) is 0 Å². The Morgan fingerprint density at radius 1 is 0.600 bits per heavy atom. The second-order valence-corrected chi connectivity index (χ2v) is 6.48. The van der Waals surface area contributed by atoms with Gasteiger partial charge in [0.05, 0.1) is 0 Å². The van der Waals surface area contributed by atoms with Crippen LogP contribution in [0.2, 0.25) is 0 Å². The van der Waals surface area contributed by atoms with Gasteiger partial charge < -0.3 is 0 Å². The minimum absolute atomic E-state index is 1.31. The maximum atomic E-state index is 2.49. The molecule has 0 spiro atoms. The number of allylic oxidation sites excluding steroid dienone is 2. The molecule has 0 aromatic rings. The molecule has 20 heavy (non-hydrogen) atoms. The molecule has 0 unspecified atom stereocenters. The first-order valence-electron chi connectivity index (χ1n) is 9.46. The Kier molecular flexibility index (Phi) is 16.6. The molecule has 0 aliphatic carbocycles. The Hall–Kier alpha value is -0.260. The van der Waals surface area contributed by atoms with Crippen molar-refractivity contribution in [2.75, 3.05) is 0 Å². The molecule has 0 bridgehead atoms. The van der Waals surface area contributed by atoms with Crippen LogP contribution in [0.15, 0.2) is 11.6 Å². The lowest BCUT2D eigenvalue weighted by Gasteiger charge is -2.03. The van der Waals surface area contributed by atoms with Crippen LogP contribution in [0.5, 0.6) is 0 Å². The first kappa shape index (κ1) is 19.7. The molecule has 120 valence electrons. The average Bonchev–Trinajstić information content (AvgIpc) is 2.45. The van der Waals surface area contributed by atoms with Crippen LogP contribution in [0.1, 0.15) is 117 Å². The molecule has 0 heteroatoms. The van der Waals surface area contributed by atoms with Crippen molar-refractivity contribution < 1.29 is 0 Å². The van der Waals surface area contributed by atoms with Crippen molar-refractivity contribution in [1.82, 2.24) is 0 Å². The normalized spacial score (nSPS) is 12.1. The van der Waals surface area contributed by atoms with Crippen LogP contribution in [-0.4, -0.2) is 0 Å². The average molecular weight is 281 g/mol. The van der Waals surface area contributed by atoms with E-state index in [0.29, 0.717) is 0 Å². The van der Waals surface area contributed by atoms with Gasteiger partial charge in [0.2, 0.25) is 0 Å². The molecule has 0 fully saturated rings. The molecule has 0 aromatic heterocycles. The van der Waals surface area contributed by atoms with Gasteiger partial charge in [-0.2, -0.15) is 0 Å². The standard InChI is InChI=1S/C20H40/c1-4-6-8-10-12-13-15-17-19-20(3)18-16-14-11-9-7-5-2/h18H,4-17,19H2,1-3H3/b20-18+. The number of hydrogen-bond acceptors (Lipinski definition) is 0. The summed E-state index contributed by atoms with van der Waals surface area (Å²) in [6.07, 6.45) is 23.6. The number of rotatable bonds is 15. The fourth-order valence-corrected chi connectivity index (χ4v) is 2.74. The van der Waals surface area contributed by atoms with Gasteiger partial charge in [-0.15, -0.1) is 0 Å². The van der Waals surface area contributed by atoms with Crippen LogP contribution in [-0.2, 0) is 0 Å². The van der Waals surface area contributed by atoms with E-state index in [1.165, 1.54) is 96.3 Å². The predicted octanol–water partition coefficient (Wildman–Crippen LogP) is 7.82. The van der Waals surface area contributed by atoms with Crippen LogP contribution < -0.4 is 0 Å². The van der Waals surface area contributed by atoms with Crippen molar-refractivity contribution in [2.24, 2.45) is 0 Å². The van der Waals surface area contributed by atoms with Crippen LogP contribution in [0.25, 0.3) is 0 Å². The predicted molar refractivity (Wildman–Crippen MR) is 94.4 cm³/mol. The Morgan fingerprint density at radius 2 is 1.05 bits per heavy atom. The van der Waals surface area contributed by atoms with E-state index in [2.05, 4.69) is 26.8 Å². The third kappa shape index (κ3) is 15.8. The van der Waals surface area contributed by atoms with E-state index >= 15 is 0 Å². The van der Waals surface area contributed by atoms with Gasteiger partial charge in [0.15, 0.2) is 0 Å². The van der Waals surface area contributed by atoms with Crippen LogP contribution in [0.4, 0.5) is 0 Å². The Balaban J connectivity index is 3.24. The zero-order chi connectivity index (χ0) is 14.9. The third-order valence-corrected chi connectivity index (χ3v) is 4.23. The molecule has 0 nitrogen and oxygen atoms in total. The van der Waals surface area contributed by atoms with Gasteiger partial charge in [-0.3, -0.25) is 0 Å². The van der Waals surface area contributed by atoms with E-state index in [0.717, 1.165) is 0 Å². The van der Waals surface area contributed by atoms with E-state index in [1.54, 1.807) is 5.57 Å². The molecular weight excluding hydrogens is 240 g/mol. The quantitative estimate of drug-likeness (QED) is 0.212. The second-order valence-electron chi connectivity index (χ2n) is 6.48. The van der Waals surface area contributed by atoms with Gasteiger partial charge in [0.1, 0.15) is 0 Å². The maximum Gasteiger partial charge on any atom is -0.0323 e. The summed E-state index contributed by atoms with van der Waals surface area (Å²) >= 11 is 0. The molecule has 0 rings (SSSR count). The highest BCUT2D eigenvalue weighted by molar-refractivity contribution is 4.97. The molecular formula is C20H40. The topological polar surface area (TPSA) is 0 Å². The molecule has 0 aliphatic heterocycles. The first-order chi connectivity index (χ1) is 9.81. The zero-order valence-electron chi connectivity index (χ0n) is 14.7. The van der Waals surface area contributed by atoms with Gasteiger partial charge in [0.25, 0.3) is 0 Å². The smallest absolute Gasteiger partial charge is 0.0323 e. The molecule has 0 amide bonds. The molecule has 0 N–H and O–H groups in total. The highest BCUT2D eigenvalue weighted by Crippen LogP contribution is 2.14. The lowest BCUT2D eigenvalue weighted by atomic mass is 10.0. The van der Waals surface area contributed by atoms with Crippen LogP contribution in [0.3, 0.4) is 0 Å². The largest absolute Gasteiger partial charge is 0.0856 e. The zero-order valence-corrected chi connectivity index (χ0v) is 14.7. The Morgan fingerprint density at radius 3 is 1.60 bits per heavy atom. The minimum Gasteiger partial charge on any atom is -0.0856 e. The highest BCUT2D eigenvalue weighted by atomic mass is 14.0. The van der Waals surface area contributed by atoms with E-state index in [4.69, 9.17) is 0 Å². The van der Waals surface area contributed by atoms with Gasteiger partial charge in [-0.05, 0) is 32.6 Å². The SMILES string of the molecule is CCCCCCC/C=C(\C)CCCCCCCCCC. The van der Waals surface area contributed by atoms with Crippen LogP contribution >= 0.6 is 0 Å². The maximum absolute atomic E-state index is 2.49. The summed E-state index contributed by atoms with van der Waals surface area (Å²) in [6, 6.07) is 0. The Bertz CT molecular complexity index is 202.